The molecule has 2 rings (SSSR count). The third kappa shape index (κ3) is 5.22. The third-order valence-corrected chi connectivity index (χ3v) is 4.95. The molecule has 1 aromatic carbocycles. The molecule has 1 aromatic rings. The Kier molecular flexibility index (Phi) is 6.10. The zero-order valence-electron chi connectivity index (χ0n) is 14.8. The van der Waals surface area contributed by atoms with Crippen LogP contribution in [0.3, 0.4) is 0 Å². The molecule has 0 N–H and O–H groups in total. The van der Waals surface area contributed by atoms with Gasteiger partial charge in [0.05, 0.1) is 0 Å². The fraction of sp³-hybridized carbons (Fsp3) is 0.632. The molecule has 0 radical (unpaired) electrons. The Hall–Kier alpha value is -1.06. The molecule has 0 atom stereocenters. The van der Waals surface area contributed by atoms with E-state index in [0.29, 0.717) is 5.92 Å². The summed E-state index contributed by atoms with van der Waals surface area (Å²) in [5, 5.41) is 0.852. The standard InChI is InChI=1S/C19H29ClN2O/c1-19(2,3)18(23)21(4)13-15-9-11-22(12-10-15)14-16-7-5-6-8-17(16)20/h5-8,15H,9-14H2,1-4H3. The second-order valence-corrected chi connectivity index (χ2v) is 8.15. The molecule has 0 unspecified atom stereocenters. The molecular weight excluding hydrogens is 308 g/mol. The minimum Gasteiger partial charge on any atom is -0.345 e. The lowest BCUT2D eigenvalue weighted by molar-refractivity contribution is -0.138. The zero-order chi connectivity index (χ0) is 17.0. The summed E-state index contributed by atoms with van der Waals surface area (Å²) < 4.78 is 0. The molecule has 0 aliphatic carbocycles. The lowest BCUT2D eigenvalue weighted by Crippen LogP contribution is -2.42. The normalized spacial score (nSPS) is 17.3. The van der Waals surface area contributed by atoms with Gasteiger partial charge in [0.25, 0.3) is 0 Å². The molecule has 23 heavy (non-hydrogen) atoms. The van der Waals surface area contributed by atoms with E-state index in [1.165, 1.54) is 5.56 Å². The predicted octanol–water partition coefficient (Wildman–Crippen LogP) is 4.06. The molecule has 3 nitrogen and oxygen atoms in total. The van der Waals surface area contributed by atoms with Gasteiger partial charge < -0.3 is 4.90 Å². The molecule has 0 aromatic heterocycles. The van der Waals surface area contributed by atoms with Gasteiger partial charge >= 0.3 is 0 Å². The van der Waals surface area contributed by atoms with Gasteiger partial charge in [0.2, 0.25) is 5.91 Å². The Labute approximate surface area is 145 Å². The molecule has 4 heteroatoms. The van der Waals surface area contributed by atoms with Crippen LogP contribution in [0.15, 0.2) is 24.3 Å². The molecule has 1 aliphatic heterocycles. The van der Waals surface area contributed by atoms with E-state index in [-0.39, 0.29) is 11.3 Å². The van der Waals surface area contributed by atoms with Crippen LogP contribution in [0.2, 0.25) is 5.02 Å². The van der Waals surface area contributed by atoms with Crippen LogP contribution < -0.4 is 0 Å². The Bertz CT molecular complexity index is 530. The van der Waals surface area contributed by atoms with Crippen molar-refractivity contribution < 1.29 is 4.79 Å². The zero-order valence-corrected chi connectivity index (χ0v) is 15.6. The van der Waals surface area contributed by atoms with Gasteiger partial charge in [-0.25, -0.2) is 0 Å². The van der Waals surface area contributed by atoms with Crippen LogP contribution in [0, 0.1) is 11.3 Å². The minimum atomic E-state index is -0.292. The second kappa shape index (κ2) is 7.67. The van der Waals surface area contributed by atoms with Crippen molar-refractivity contribution in [2.24, 2.45) is 11.3 Å². The van der Waals surface area contributed by atoms with Crippen LogP contribution in [-0.2, 0) is 11.3 Å². The Morgan fingerprint density at radius 1 is 1.26 bits per heavy atom. The highest BCUT2D eigenvalue weighted by atomic mass is 35.5. The molecule has 0 spiro atoms. The molecule has 1 heterocycles. The van der Waals surface area contributed by atoms with E-state index in [1.807, 2.05) is 50.9 Å². The molecule has 1 saturated heterocycles. The summed E-state index contributed by atoms with van der Waals surface area (Å²) >= 11 is 6.25. The number of likely N-dealkylation sites (tertiary alicyclic amines) is 1. The van der Waals surface area contributed by atoms with E-state index in [9.17, 15) is 4.79 Å². The van der Waals surface area contributed by atoms with Gasteiger partial charge in [-0.05, 0) is 43.5 Å². The van der Waals surface area contributed by atoms with E-state index in [1.54, 1.807) is 0 Å². The van der Waals surface area contributed by atoms with Gasteiger partial charge in [0.1, 0.15) is 0 Å². The van der Waals surface area contributed by atoms with Crippen LogP contribution >= 0.6 is 11.6 Å². The van der Waals surface area contributed by atoms with Crippen LogP contribution in [0.4, 0.5) is 0 Å². The number of benzene rings is 1. The van der Waals surface area contributed by atoms with E-state index < -0.39 is 0 Å². The Morgan fingerprint density at radius 2 is 1.87 bits per heavy atom. The Morgan fingerprint density at radius 3 is 2.43 bits per heavy atom. The molecule has 128 valence electrons. The fourth-order valence-corrected chi connectivity index (χ4v) is 3.43. The first-order valence-electron chi connectivity index (χ1n) is 8.48. The molecule has 1 aliphatic rings. The largest absolute Gasteiger partial charge is 0.345 e. The van der Waals surface area contributed by atoms with Crippen molar-refractivity contribution >= 4 is 17.5 Å². The molecule has 0 saturated carbocycles. The van der Waals surface area contributed by atoms with Gasteiger partial charge in [-0.1, -0.05) is 50.6 Å². The van der Waals surface area contributed by atoms with Crippen molar-refractivity contribution in [3.8, 4) is 0 Å². The highest BCUT2D eigenvalue weighted by molar-refractivity contribution is 6.31. The summed E-state index contributed by atoms with van der Waals surface area (Å²) in [6.45, 7) is 9.90. The minimum absolute atomic E-state index is 0.232. The van der Waals surface area contributed by atoms with Crippen molar-refractivity contribution in [1.29, 1.82) is 0 Å². The van der Waals surface area contributed by atoms with Crippen molar-refractivity contribution in [2.75, 3.05) is 26.7 Å². The summed E-state index contributed by atoms with van der Waals surface area (Å²) in [5.41, 5.74) is 0.909. The highest BCUT2D eigenvalue weighted by Gasteiger charge is 2.28. The average molecular weight is 337 g/mol. The first-order valence-corrected chi connectivity index (χ1v) is 8.86. The smallest absolute Gasteiger partial charge is 0.227 e. The maximum atomic E-state index is 12.3. The summed E-state index contributed by atoms with van der Waals surface area (Å²) in [5.74, 6) is 0.838. The van der Waals surface area contributed by atoms with E-state index >= 15 is 0 Å². The first kappa shape index (κ1) is 18.3. The summed E-state index contributed by atoms with van der Waals surface area (Å²) in [4.78, 5) is 16.7. The lowest BCUT2D eigenvalue weighted by atomic mass is 9.92. The van der Waals surface area contributed by atoms with Crippen molar-refractivity contribution in [2.45, 2.75) is 40.2 Å². The van der Waals surface area contributed by atoms with Crippen LogP contribution in [0.5, 0.6) is 0 Å². The van der Waals surface area contributed by atoms with E-state index in [2.05, 4.69) is 11.0 Å². The maximum absolute atomic E-state index is 12.3. The number of hydrogen-bond donors (Lipinski definition) is 0. The quantitative estimate of drug-likeness (QED) is 0.828. The molecule has 1 fully saturated rings. The third-order valence-electron chi connectivity index (χ3n) is 4.58. The number of hydrogen-bond acceptors (Lipinski definition) is 2. The lowest BCUT2D eigenvalue weighted by Gasteiger charge is -2.35. The first-order chi connectivity index (χ1) is 10.8. The van der Waals surface area contributed by atoms with Gasteiger partial charge in [-0.2, -0.15) is 0 Å². The average Bonchev–Trinajstić information content (AvgIpc) is 2.49. The van der Waals surface area contributed by atoms with Gasteiger partial charge in [-0.15, -0.1) is 0 Å². The number of halogens is 1. The molecular formula is C19H29ClN2O. The van der Waals surface area contributed by atoms with E-state index in [4.69, 9.17) is 11.6 Å². The SMILES string of the molecule is CN(CC1CCN(Cc2ccccc2Cl)CC1)C(=O)C(C)(C)C. The monoisotopic (exact) mass is 336 g/mol. The van der Waals surface area contributed by atoms with Gasteiger partial charge in [0.15, 0.2) is 0 Å². The summed E-state index contributed by atoms with van der Waals surface area (Å²) in [6.07, 6.45) is 2.29. The number of rotatable bonds is 4. The second-order valence-electron chi connectivity index (χ2n) is 7.75. The van der Waals surface area contributed by atoms with Crippen LogP contribution in [0.25, 0.3) is 0 Å². The predicted molar refractivity (Wildman–Crippen MR) is 96.5 cm³/mol. The van der Waals surface area contributed by atoms with Crippen LogP contribution in [0.1, 0.15) is 39.2 Å². The molecule has 0 bridgehead atoms. The van der Waals surface area contributed by atoms with Gasteiger partial charge in [-0.3, -0.25) is 9.69 Å². The number of nitrogens with zero attached hydrogens (tertiary/aromatic N) is 2. The number of piperidine rings is 1. The fourth-order valence-electron chi connectivity index (χ4n) is 3.24. The van der Waals surface area contributed by atoms with Crippen molar-refractivity contribution in [1.82, 2.24) is 9.80 Å². The van der Waals surface area contributed by atoms with Crippen molar-refractivity contribution in [3.05, 3.63) is 34.9 Å². The summed E-state index contributed by atoms with van der Waals surface area (Å²) in [6, 6.07) is 8.07. The van der Waals surface area contributed by atoms with Gasteiger partial charge in [0, 0.05) is 30.6 Å². The van der Waals surface area contributed by atoms with Crippen LogP contribution in [-0.4, -0.2) is 42.4 Å². The van der Waals surface area contributed by atoms with E-state index in [0.717, 1.165) is 44.0 Å². The van der Waals surface area contributed by atoms with Crippen molar-refractivity contribution in [3.63, 3.8) is 0 Å². The Balaban J connectivity index is 1.80. The molecule has 1 amide bonds. The summed E-state index contributed by atoms with van der Waals surface area (Å²) in [7, 11) is 1.93. The highest BCUT2D eigenvalue weighted by Crippen LogP contribution is 2.24. The number of carbonyl (C=O) groups is 1. The number of carbonyl (C=O) groups excluding carboxylic acids is 1. The topological polar surface area (TPSA) is 23.6 Å². The maximum Gasteiger partial charge on any atom is 0.227 e. The number of amides is 1.